The molecule has 180 valence electrons. The molecule has 2 fully saturated rings. The number of hydrogen-bond donors (Lipinski definition) is 0. The van der Waals surface area contributed by atoms with E-state index in [1.165, 1.54) is 27.8 Å². The zero-order valence-corrected chi connectivity index (χ0v) is 20.2. The maximum atomic E-state index is 13.5. The van der Waals surface area contributed by atoms with E-state index >= 15 is 0 Å². The number of ether oxygens (including phenoxy) is 2. The van der Waals surface area contributed by atoms with Gasteiger partial charge in [0.2, 0.25) is 10.0 Å². The predicted octanol–water partition coefficient (Wildman–Crippen LogP) is 3.79. The van der Waals surface area contributed by atoms with E-state index in [9.17, 15) is 12.8 Å². The van der Waals surface area contributed by atoms with Crippen LogP contribution in [-0.4, -0.2) is 56.3 Å². The summed E-state index contributed by atoms with van der Waals surface area (Å²) >= 11 is 1.49. The fraction of sp³-hybridized carbons (Fsp3) is 0.375. The van der Waals surface area contributed by atoms with Gasteiger partial charge in [0.05, 0.1) is 42.1 Å². The highest BCUT2D eigenvalue weighted by Crippen LogP contribution is 2.25. The molecular weight excluding hydrogens is 477 g/mol. The maximum Gasteiger partial charge on any atom is 0.243 e. The molecule has 7 nitrogen and oxygen atoms in total. The van der Waals surface area contributed by atoms with E-state index in [4.69, 9.17) is 14.5 Å². The molecule has 1 atom stereocenters. The van der Waals surface area contributed by atoms with Crippen molar-refractivity contribution in [3.05, 3.63) is 64.5 Å². The van der Waals surface area contributed by atoms with E-state index in [0.717, 1.165) is 35.5 Å². The second kappa shape index (κ2) is 10.1. The van der Waals surface area contributed by atoms with Gasteiger partial charge >= 0.3 is 0 Å². The Balaban J connectivity index is 1.47. The largest absolute Gasteiger partial charge is 0.379 e. The van der Waals surface area contributed by atoms with Crippen molar-refractivity contribution in [3.8, 4) is 11.3 Å². The Kier molecular flexibility index (Phi) is 6.94. The van der Waals surface area contributed by atoms with Gasteiger partial charge in [0.25, 0.3) is 0 Å². The van der Waals surface area contributed by atoms with Gasteiger partial charge < -0.3 is 14.0 Å². The van der Waals surface area contributed by atoms with Crippen molar-refractivity contribution >= 4 is 27.0 Å². The first-order valence-corrected chi connectivity index (χ1v) is 13.6. The Bertz CT molecular complexity index is 1290. The van der Waals surface area contributed by atoms with E-state index in [0.29, 0.717) is 38.5 Å². The summed E-state index contributed by atoms with van der Waals surface area (Å²) in [4.78, 5) is 5.83. The summed E-state index contributed by atoms with van der Waals surface area (Å²) in [6, 6.07) is 13.1. The van der Waals surface area contributed by atoms with E-state index in [2.05, 4.69) is 4.57 Å². The lowest BCUT2D eigenvalue weighted by atomic mass is 10.1. The van der Waals surface area contributed by atoms with E-state index < -0.39 is 10.0 Å². The first kappa shape index (κ1) is 23.4. The predicted molar refractivity (Wildman–Crippen MR) is 128 cm³/mol. The van der Waals surface area contributed by atoms with Crippen molar-refractivity contribution in [2.24, 2.45) is 4.99 Å². The number of thiazole rings is 1. The smallest absolute Gasteiger partial charge is 0.243 e. The Hall–Kier alpha value is -2.37. The number of rotatable bonds is 6. The molecule has 10 heteroatoms. The number of nitrogens with zero attached hydrogens (tertiary/aromatic N) is 3. The lowest BCUT2D eigenvalue weighted by Crippen LogP contribution is -2.40. The Labute approximate surface area is 202 Å². The molecule has 0 radical (unpaired) electrons. The number of benzene rings is 2. The summed E-state index contributed by atoms with van der Waals surface area (Å²) in [5.74, 6) is -0.276. The Morgan fingerprint density at radius 3 is 2.44 bits per heavy atom. The number of hydrogen-bond acceptors (Lipinski definition) is 6. The van der Waals surface area contributed by atoms with Crippen LogP contribution in [0.1, 0.15) is 12.8 Å². The minimum atomic E-state index is -3.55. The van der Waals surface area contributed by atoms with Crippen molar-refractivity contribution in [2.75, 3.05) is 32.9 Å². The van der Waals surface area contributed by atoms with Crippen LogP contribution >= 0.6 is 11.3 Å². The number of aromatic nitrogens is 1. The van der Waals surface area contributed by atoms with Crippen LogP contribution in [0.15, 0.2) is 63.8 Å². The van der Waals surface area contributed by atoms with Crippen LogP contribution in [0.5, 0.6) is 0 Å². The Morgan fingerprint density at radius 1 is 1.03 bits per heavy atom. The summed E-state index contributed by atoms with van der Waals surface area (Å²) < 4.78 is 53.9. The molecule has 1 unspecified atom stereocenters. The number of morpholine rings is 1. The first-order valence-electron chi connectivity index (χ1n) is 11.3. The van der Waals surface area contributed by atoms with E-state index in [1.807, 2.05) is 5.38 Å². The standard InChI is InChI=1S/C24H26FN3O4S2/c25-19-5-3-18(4-6-19)23-17-33-24(28(23)16-21-2-1-13-32-21)26-20-7-9-22(10-8-20)34(29,30)27-11-14-31-15-12-27/h3-10,17,21H,1-2,11-16H2. The molecule has 2 aliphatic rings. The summed E-state index contributed by atoms with van der Waals surface area (Å²) in [6.07, 6.45) is 2.13. The van der Waals surface area contributed by atoms with Gasteiger partial charge in [0.15, 0.2) is 4.80 Å². The molecule has 0 amide bonds. The second-order valence-electron chi connectivity index (χ2n) is 8.28. The highest BCUT2D eigenvalue weighted by atomic mass is 32.2. The van der Waals surface area contributed by atoms with Gasteiger partial charge in [-0.15, -0.1) is 11.3 Å². The third-order valence-corrected chi connectivity index (χ3v) is 8.79. The molecule has 0 saturated carbocycles. The van der Waals surface area contributed by atoms with Crippen LogP contribution in [0.3, 0.4) is 0 Å². The van der Waals surface area contributed by atoms with Crippen LogP contribution in [0.2, 0.25) is 0 Å². The van der Waals surface area contributed by atoms with Gasteiger partial charge in [-0.25, -0.2) is 17.8 Å². The number of halogens is 1. The van der Waals surface area contributed by atoms with Crippen molar-refractivity contribution in [1.29, 1.82) is 0 Å². The van der Waals surface area contributed by atoms with Crippen molar-refractivity contribution in [1.82, 2.24) is 8.87 Å². The minimum Gasteiger partial charge on any atom is -0.379 e. The summed E-state index contributed by atoms with van der Waals surface area (Å²) in [6.45, 7) is 2.95. The molecule has 0 spiro atoms. The molecule has 0 bridgehead atoms. The van der Waals surface area contributed by atoms with E-state index in [-0.39, 0.29) is 16.8 Å². The van der Waals surface area contributed by atoms with Crippen LogP contribution in [0, 0.1) is 5.82 Å². The third-order valence-electron chi connectivity index (χ3n) is 6.02. The summed E-state index contributed by atoms with van der Waals surface area (Å²) in [7, 11) is -3.55. The molecule has 2 aliphatic heterocycles. The quantitative estimate of drug-likeness (QED) is 0.513. The molecule has 2 saturated heterocycles. The van der Waals surface area contributed by atoms with Crippen molar-refractivity contribution in [2.45, 2.75) is 30.4 Å². The van der Waals surface area contributed by atoms with Gasteiger partial charge in [-0.05, 0) is 66.9 Å². The first-order chi connectivity index (χ1) is 16.5. The fourth-order valence-electron chi connectivity index (χ4n) is 4.18. The zero-order valence-electron chi connectivity index (χ0n) is 18.6. The van der Waals surface area contributed by atoms with Gasteiger partial charge in [0.1, 0.15) is 5.82 Å². The van der Waals surface area contributed by atoms with Crippen molar-refractivity contribution < 1.29 is 22.3 Å². The fourth-order valence-corrected chi connectivity index (χ4v) is 6.52. The molecule has 0 aliphatic carbocycles. The highest BCUT2D eigenvalue weighted by molar-refractivity contribution is 7.89. The maximum absolute atomic E-state index is 13.5. The molecule has 34 heavy (non-hydrogen) atoms. The highest BCUT2D eigenvalue weighted by Gasteiger charge is 2.26. The second-order valence-corrected chi connectivity index (χ2v) is 11.1. The lowest BCUT2D eigenvalue weighted by molar-refractivity contribution is 0.0730. The van der Waals surface area contributed by atoms with E-state index in [1.54, 1.807) is 36.4 Å². The van der Waals surface area contributed by atoms with Gasteiger partial charge in [0, 0.05) is 25.1 Å². The van der Waals surface area contributed by atoms with Crippen molar-refractivity contribution in [3.63, 3.8) is 0 Å². The minimum absolute atomic E-state index is 0.105. The monoisotopic (exact) mass is 503 g/mol. The molecule has 3 heterocycles. The molecular formula is C24H26FN3O4S2. The lowest BCUT2D eigenvalue weighted by Gasteiger charge is -2.26. The zero-order chi connectivity index (χ0) is 23.5. The third kappa shape index (κ3) is 5.01. The average molecular weight is 504 g/mol. The molecule has 1 aromatic heterocycles. The SMILES string of the molecule is O=S(=O)(c1ccc(N=c2scc(-c3ccc(F)cc3)n2CC2CCCO2)cc1)N1CCOCC1. The van der Waals surface area contributed by atoms with Gasteiger partial charge in [-0.1, -0.05) is 0 Å². The normalized spacial score (nSPS) is 20.1. The molecule has 0 N–H and O–H groups in total. The van der Waals surface area contributed by atoms with Crippen LogP contribution in [0.4, 0.5) is 10.1 Å². The Morgan fingerprint density at radius 2 is 1.76 bits per heavy atom. The average Bonchev–Trinajstić information content (AvgIpc) is 3.51. The molecule has 3 aromatic rings. The number of sulfonamides is 1. The van der Waals surface area contributed by atoms with Crippen LogP contribution < -0.4 is 4.80 Å². The van der Waals surface area contributed by atoms with Crippen LogP contribution in [-0.2, 0) is 26.0 Å². The van der Waals surface area contributed by atoms with Gasteiger partial charge in [-0.3, -0.25) is 0 Å². The summed E-state index contributed by atoms with van der Waals surface area (Å²) in [5.41, 5.74) is 2.52. The van der Waals surface area contributed by atoms with Gasteiger partial charge in [-0.2, -0.15) is 4.31 Å². The molecule has 2 aromatic carbocycles. The molecule has 5 rings (SSSR count). The topological polar surface area (TPSA) is 73.1 Å². The summed E-state index contributed by atoms with van der Waals surface area (Å²) in [5, 5.41) is 2.01. The van der Waals surface area contributed by atoms with Crippen LogP contribution in [0.25, 0.3) is 11.3 Å².